The fourth-order valence-electron chi connectivity index (χ4n) is 3.51. The predicted octanol–water partition coefficient (Wildman–Crippen LogP) is 5.05. The molecule has 3 rings (SSSR count). The summed E-state index contributed by atoms with van der Waals surface area (Å²) in [6.07, 6.45) is 5.85. The predicted molar refractivity (Wildman–Crippen MR) is 111 cm³/mol. The molecule has 152 valence electrons. The van der Waals surface area contributed by atoms with Crippen molar-refractivity contribution in [2.45, 2.75) is 114 Å². The highest BCUT2D eigenvalue weighted by atomic mass is 79.9. The molecule has 3 aliphatic heterocycles. The van der Waals surface area contributed by atoms with Crippen molar-refractivity contribution < 1.29 is 18.6 Å². The van der Waals surface area contributed by atoms with Gasteiger partial charge in [-0.05, 0) is 57.7 Å². The molecule has 0 N–H and O–H groups in total. The highest BCUT2D eigenvalue weighted by Crippen LogP contribution is 2.49. The topological polar surface area (TPSA) is 46.8 Å². The molecule has 3 fully saturated rings. The van der Waals surface area contributed by atoms with E-state index in [2.05, 4.69) is 63.6 Å². The summed E-state index contributed by atoms with van der Waals surface area (Å²) in [5.41, 5.74) is 0.0388. The maximum absolute atomic E-state index is 6.33. The maximum Gasteiger partial charge on any atom is 0.192 e. The Morgan fingerprint density at radius 1 is 0.962 bits per heavy atom. The van der Waals surface area contributed by atoms with E-state index in [1.165, 1.54) is 0 Å². The Labute approximate surface area is 168 Å². The first-order valence-corrected chi connectivity index (χ1v) is 14.1. The average molecular weight is 450 g/mol. The van der Waals surface area contributed by atoms with Crippen molar-refractivity contribution in [3.8, 4) is 0 Å². The molecule has 26 heavy (non-hydrogen) atoms. The van der Waals surface area contributed by atoms with Gasteiger partial charge in [0.2, 0.25) is 0 Å². The van der Waals surface area contributed by atoms with E-state index in [-0.39, 0.29) is 22.3 Å². The van der Waals surface area contributed by atoms with E-state index in [0.29, 0.717) is 18.3 Å². The molecule has 0 aromatic rings. The molecular formula is C20H37BrO4Si. The summed E-state index contributed by atoms with van der Waals surface area (Å²) in [7, 11) is -1.69. The average Bonchev–Trinajstić information content (AvgIpc) is 3.43. The van der Waals surface area contributed by atoms with E-state index in [1.54, 1.807) is 0 Å². The van der Waals surface area contributed by atoms with Gasteiger partial charge >= 0.3 is 0 Å². The Morgan fingerprint density at radius 3 is 2.12 bits per heavy atom. The lowest BCUT2D eigenvalue weighted by Crippen LogP contribution is -2.42. The van der Waals surface area contributed by atoms with Crippen LogP contribution in [0.1, 0.15) is 60.3 Å². The summed E-state index contributed by atoms with van der Waals surface area (Å²) < 4.78 is 24.0. The largest absolute Gasteiger partial charge is 0.414 e. The summed E-state index contributed by atoms with van der Waals surface area (Å²) in [6.45, 7) is 16.7. The molecule has 6 atom stereocenters. The normalized spacial score (nSPS) is 42.0. The quantitative estimate of drug-likeness (QED) is 0.266. The van der Waals surface area contributed by atoms with E-state index in [0.717, 1.165) is 37.6 Å². The third kappa shape index (κ3) is 4.74. The van der Waals surface area contributed by atoms with Crippen LogP contribution in [0.15, 0.2) is 0 Å². The van der Waals surface area contributed by atoms with Crippen molar-refractivity contribution in [3.63, 3.8) is 0 Å². The van der Waals surface area contributed by atoms with E-state index < -0.39 is 8.32 Å². The minimum absolute atomic E-state index is 0.0180. The number of hydrogen-bond donors (Lipinski definition) is 0. The second kappa shape index (κ2) is 7.10. The summed E-state index contributed by atoms with van der Waals surface area (Å²) in [6, 6.07) is 0. The molecule has 0 saturated carbocycles. The highest BCUT2D eigenvalue weighted by Gasteiger charge is 2.57. The zero-order chi connectivity index (χ0) is 19.4. The van der Waals surface area contributed by atoms with E-state index in [1.807, 2.05) is 0 Å². The van der Waals surface area contributed by atoms with Gasteiger partial charge in [-0.2, -0.15) is 0 Å². The van der Waals surface area contributed by atoms with E-state index in [4.69, 9.17) is 18.6 Å². The smallest absolute Gasteiger partial charge is 0.192 e. The summed E-state index contributed by atoms with van der Waals surface area (Å²) in [5.74, 6) is 0. The highest BCUT2D eigenvalue weighted by molar-refractivity contribution is 9.09. The number of halogens is 1. The molecule has 6 heteroatoms. The van der Waals surface area contributed by atoms with Gasteiger partial charge in [-0.15, -0.1) is 0 Å². The lowest BCUT2D eigenvalue weighted by Gasteiger charge is -2.36. The fraction of sp³-hybridized carbons (Fsp3) is 1.00. The monoisotopic (exact) mass is 448 g/mol. The van der Waals surface area contributed by atoms with Crippen molar-refractivity contribution in [1.29, 1.82) is 0 Å². The third-order valence-corrected chi connectivity index (χ3v) is 12.3. The first-order valence-electron chi connectivity index (χ1n) is 10.1. The van der Waals surface area contributed by atoms with E-state index in [9.17, 15) is 0 Å². The summed E-state index contributed by atoms with van der Waals surface area (Å²) in [4.78, 5) is 0. The van der Waals surface area contributed by atoms with Crippen molar-refractivity contribution >= 4 is 24.2 Å². The molecule has 3 saturated heterocycles. The van der Waals surface area contributed by atoms with Crippen LogP contribution in [-0.2, 0) is 18.6 Å². The van der Waals surface area contributed by atoms with Gasteiger partial charge in [-0.25, -0.2) is 0 Å². The summed E-state index contributed by atoms with van der Waals surface area (Å²) >= 11 is 3.48. The second-order valence-electron chi connectivity index (χ2n) is 10.4. The Morgan fingerprint density at radius 2 is 1.54 bits per heavy atom. The van der Waals surface area contributed by atoms with Gasteiger partial charge in [0.1, 0.15) is 6.10 Å². The maximum atomic E-state index is 6.33. The number of hydrogen-bond acceptors (Lipinski definition) is 4. The number of rotatable bonds is 10. The van der Waals surface area contributed by atoms with Crippen LogP contribution < -0.4 is 0 Å². The molecule has 0 unspecified atom stereocenters. The van der Waals surface area contributed by atoms with Crippen LogP contribution in [0.3, 0.4) is 0 Å². The Bertz CT molecular complexity index is 522. The number of epoxide rings is 3. The molecule has 0 radical (unpaired) electrons. The van der Waals surface area contributed by atoms with Crippen LogP contribution in [0.2, 0.25) is 18.1 Å². The molecule has 0 bridgehead atoms. The molecule has 0 aromatic heterocycles. The van der Waals surface area contributed by atoms with Gasteiger partial charge in [0.25, 0.3) is 0 Å². The standard InChI is InChI=1S/C20H37BrO4Si/c1-18(2,3)26(6,7)22-13-17-20(5,25-17)11-9-16-19(4,24-16)10-8-14-15(12-21)23-14/h14-17H,8-13H2,1-7H3/t14-,15-,16+,17-,19+,20+/m0/s1. The van der Waals surface area contributed by atoms with Gasteiger partial charge in [0.05, 0.1) is 36.1 Å². The van der Waals surface area contributed by atoms with Gasteiger partial charge in [-0.3, -0.25) is 0 Å². The zero-order valence-corrected chi connectivity index (χ0v) is 20.1. The summed E-state index contributed by atoms with van der Waals surface area (Å²) in [5, 5.41) is 1.20. The van der Waals surface area contributed by atoms with Gasteiger partial charge in [0.15, 0.2) is 8.32 Å². The Kier molecular flexibility index (Phi) is 5.80. The van der Waals surface area contributed by atoms with Gasteiger partial charge in [-0.1, -0.05) is 36.7 Å². The molecule has 0 aromatic carbocycles. The Balaban J connectivity index is 1.33. The van der Waals surface area contributed by atoms with Crippen molar-refractivity contribution in [2.75, 3.05) is 11.9 Å². The minimum atomic E-state index is -1.69. The first kappa shape index (κ1) is 21.3. The van der Waals surface area contributed by atoms with Crippen LogP contribution >= 0.6 is 15.9 Å². The molecule has 0 amide bonds. The Hall–Kier alpha value is 0.537. The first-order chi connectivity index (χ1) is 11.9. The lowest BCUT2D eigenvalue weighted by molar-refractivity contribution is 0.233. The van der Waals surface area contributed by atoms with Crippen molar-refractivity contribution in [1.82, 2.24) is 0 Å². The van der Waals surface area contributed by atoms with Gasteiger partial charge < -0.3 is 18.6 Å². The van der Waals surface area contributed by atoms with Crippen LogP contribution in [0.25, 0.3) is 0 Å². The molecule has 0 aliphatic carbocycles. The SMILES string of the molecule is CC(C)(C)[Si](C)(C)OC[C@@H]1O[C@]1(C)CC[C@H]1O[C@]1(C)CC[C@@H]1O[C@H]1CBr. The molecule has 4 nitrogen and oxygen atoms in total. The number of ether oxygens (including phenoxy) is 3. The van der Waals surface area contributed by atoms with Crippen LogP contribution in [0, 0.1) is 0 Å². The van der Waals surface area contributed by atoms with Crippen molar-refractivity contribution in [3.05, 3.63) is 0 Å². The van der Waals surface area contributed by atoms with Crippen LogP contribution in [0.4, 0.5) is 0 Å². The van der Waals surface area contributed by atoms with Crippen molar-refractivity contribution in [2.24, 2.45) is 0 Å². The molecule has 3 heterocycles. The van der Waals surface area contributed by atoms with Crippen LogP contribution in [-0.4, -0.2) is 55.9 Å². The fourth-order valence-corrected chi connectivity index (χ4v) is 5.08. The van der Waals surface area contributed by atoms with Gasteiger partial charge in [0, 0.05) is 5.33 Å². The molecular weight excluding hydrogens is 412 g/mol. The van der Waals surface area contributed by atoms with Crippen LogP contribution in [0.5, 0.6) is 0 Å². The number of alkyl halides is 1. The molecule has 3 aliphatic rings. The third-order valence-electron chi connectivity index (χ3n) is 7.14. The zero-order valence-electron chi connectivity index (χ0n) is 17.6. The molecule has 0 spiro atoms. The second-order valence-corrected chi connectivity index (χ2v) is 15.8. The lowest BCUT2D eigenvalue weighted by atomic mass is 9.93. The minimum Gasteiger partial charge on any atom is -0.414 e. The van der Waals surface area contributed by atoms with E-state index >= 15 is 0 Å².